The van der Waals surface area contributed by atoms with Crippen LogP contribution in [0.4, 0.5) is 5.69 Å². The molecule has 4 heteroatoms. The second-order valence-electron chi connectivity index (χ2n) is 2.69. The molecular formula is C8H10N2O2. The largest absolute Gasteiger partial charge is 0.235 e. The minimum absolute atomic E-state index is 0.554. The summed E-state index contributed by atoms with van der Waals surface area (Å²) < 4.78 is 0. The van der Waals surface area contributed by atoms with Gasteiger partial charge in [-0.3, -0.25) is 0 Å². The zero-order valence-electron chi connectivity index (χ0n) is 7.00. The van der Waals surface area contributed by atoms with Crippen LogP contribution in [0.5, 0.6) is 0 Å². The fraction of sp³-hybridized carbons (Fsp3) is 0.250. The van der Waals surface area contributed by atoms with Crippen LogP contribution in [-0.2, 0) is 0 Å². The molecule has 0 saturated heterocycles. The molecule has 1 aromatic carbocycles. The van der Waals surface area contributed by atoms with Crippen LogP contribution in [0.15, 0.2) is 18.2 Å². The molecule has 1 N–H and O–H groups in total. The van der Waals surface area contributed by atoms with Gasteiger partial charge >= 0.3 is 0 Å². The number of rotatable bonds is 2. The van der Waals surface area contributed by atoms with Crippen molar-refractivity contribution in [3.05, 3.63) is 39.4 Å². The number of hydrogen-bond donors (Lipinski definition) is 1. The van der Waals surface area contributed by atoms with Crippen molar-refractivity contribution in [2.24, 2.45) is 0 Å². The number of nitrogens with zero attached hydrogens (tertiary/aromatic N) is 1. The maximum atomic E-state index is 10.1. The second kappa shape index (κ2) is 3.21. The first-order valence-corrected chi connectivity index (χ1v) is 3.58. The molecule has 1 aromatic rings. The lowest BCUT2D eigenvalue weighted by molar-refractivity contribution is -0.445. The van der Waals surface area contributed by atoms with Crippen molar-refractivity contribution < 1.29 is 5.03 Å². The molecule has 0 aliphatic heterocycles. The van der Waals surface area contributed by atoms with E-state index in [1.54, 1.807) is 6.07 Å². The molecule has 0 aliphatic rings. The van der Waals surface area contributed by atoms with E-state index >= 15 is 0 Å². The van der Waals surface area contributed by atoms with E-state index in [-0.39, 0.29) is 0 Å². The fourth-order valence-corrected chi connectivity index (χ4v) is 0.955. The maximum absolute atomic E-state index is 10.1. The third kappa shape index (κ3) is 1.95. The topological polar surface area (TPSA) is 55.2 Å². The third-order valence-electron chi connectivity index (χ3n) is 1.60. The van der Waals surface area contributed by atoms with E-state index in [1.165, 1.54) is 0 Å². The molecule has 64 valence electrons. The van der Waals surface area contributed by atoms with Crippen molar-refractivity contribution in [3.8, 4) is 0 Å². The Bertz CT molecular complexity index is 310. The van der Waals surface area contributed by atoms with Crippen LogP contribution in [0.3, 0.4) is 0 Å². The van der Waals surface area contributed by atoms with E-state index < -0.39 is 5.03 Å². The van der Waals surface area contributed by atoms with Crippen molar-refractivity contribution in [3.63, 3.8) is 0 Å². The molecule has 0 heterocycles. The van der Waals surface area contributed by atoms with E-state index in [0.717, 1.165) is 11.1 Å². The Hall–Kier alpha value is -1.58. The monoisotopic (exact) mass is 166 g/mol. The van der Waals surface area contributed by atoms with Crippen LogP contribution in [0.25, 0.3) is 0 Å². The molecule has 0 unspecified atom stereocenters. The Morgan fingerprint density at radius 1 is 1.42 bits per heavy atom. The lowest BCUT2D eigenvalue weighted by atomic mass is 10.1. The normalized spacial score (nSPS) is 9.50. The summed E-state index contributed by atoms with van der Waals surface area (Å²) in [5.41, 5.74) is 4.57. The van der Waals surface area contributed by atoms with Gasteiger partial charge in [0, 0.05) is 0 Å². The average Bonchev–Trinajstić information content (AvgIpc) is 1.96. The molecule has 0 atom stereocenters. The van der Waals surface area contributed by atoms with Gasteiger partial charge in [-0.25, -0.2) is 10.1 Å². The number of nitro groups is 1. The van der Waals surface area contributed by atoms with E-state index in [0.29, 0.717) is 5.69 Å². The number of benzene rings is 1. The molecule has 0 fully saturated rings. The van der Waals surface area contributed by atoms with E-state index in [1.807, 2.05) is 26.0 Å². The summed E-state index contributed by atoms with van der Waals surface area (Å²) >= 11 is 0. The smallest absolute Gasteiger partial charge is 0.162 e. The van der Waals surface area contributed by atoms with Crippen molar-refractivity contribution in [2.45, 2.75) is 13.8 Å². The lowest BCUT2D eigenvalue weighted by Crippen LogP contribution is -2.08. The molecule has 4 nitrogen and oxygen atoms in total. The minimum atomic E-state index is -0.554. The first kappa shape index (κ1) is 8.52. The van der Waals surface area contributed by atoms with Crippen LogP contribution >= 0.6 is 0 Å². The summed E-state index contributed by atoms with van der Waals surface area (Å²) in [6.45, 7) is 3.72. The summed E-state index contributed by atoms with van der Waals surface area (Å²) in [5, 5.41) is 9.57. The van der Waals surface area contributed by atoms with Gasteiger partial charge in [-0.1, -0.05) is 12.1 Å². The Kier molecular flexibility index (Phi) is 2.28. The van der Waals surface area contributed by atoms with Crippen molar-refractivity contribution >= 4 is 5.69 Å². The molecule has 1 rings (SSSR count). The van der Waals surface area contributed by atoms with Gasteiger partial charge in [-0.05, 0) is 31.0 Å². The summed E-state index contributed by atoms with van der Waals surface area (Å²) in [5.74, 6) is 0. The van der Waals surface area contributed by atoms with Crippen molar-refractivity contribution in [2.75, 3.05) is 5.43 Å². The summed E-state index contributed by atoms with van der Waals surface area (Å²) in [6, 6.07) is 5.51. The zero-order chi connectivity index (χ0) is 9.14. The Morgan fingerprint density at radius 2 is 2.08 bits per heavy atom. The van der Waals surface area contributed by atoms with Crippen molar-refractivity contribution in [1.82, 2.24) is 0 Å². The number of hydrazine groups is 1. The maximum Gasteiger partial charge on any atom is 0.162 e. The molecule has 0 aliphatic carbocycles. The van der Waals surface area contributed by atoms with Gasteiger partial charge in [-0.15, -0.1) is 5.43 Å². The summed E-state index contributed by atoms with van der Waals surface area (Å²) in [4.78, 5) is 10.1. The molecule has 0 saturated carbocycles. The Balaban J connectivity index is 2.97. The van der Waals surface area contributed by atoms with Gasteiger partial charge in [0.25, 0.3) is 0 Å². The van der Waals surface area contributed by atoms with Gasteiger partial charge in [0.1, 0.15) is 5.69 Å². The van der Waals surface area contributed by atoms with Crippen molar-refractivity contribution in [1.29, 1.82) is 0 Å². The highest BCUT2D eigenvalue weighted by atomic mass is 16.7. The Morgan fingerprint density at radius 3 is 2.67 bits per heavy atom. The second-order valence-corrected chi connectivity index (χ2v) is 2.69. The van der Waals surface area contributed by atoms with Gasteiger partial charge in [0.05, 0.1) is 0 Å². The molecule has 0 bridgehead atoms. The SMILES string of the molecule is Cc1ccc(C)c(N[N+](=O)[O-])c1. The molecule has 0 aromatic heterocycles. The number of anilines is 1. The number of hydrogen-bond acceptors (Lipinski definition) is 2. The molecule has 0 radical (unpaired) electrons. The quantitative estimate of drug-likeness (QED) is 0.539. The van der Waals surface area contributed by atoms with Gasteiger partial charge < -0.3 is 0 Å². The van der Waals surface area contributed by atoms with Gasteiger partial charge in [0.15, 0.2) is 5.03 Å². The third-order valence-corrected chi connectivity index (χ3v) is 1.60. The predicted molar refractivity (Wildman–Crippen MR) is 46.5 cm³/mol. The molecule has 0 spiro atoms. The number of nitrogens with one attached hydrogen (secondary N) is 1. The van der Waals surface area contributed by atoms with Crippen LogP contribution < -0.4 is 5.43 Å². The first-order valence-electron chi connectivity index (χ1n) is 3.58. The molecule has 12 heavy (non-hydrogen) atoms. The highest BCUT2D eigenvalue weighted by Crippen LogP contribution is 2.15. The predicted octanol–water partition coefficient (Wildman–Crippen LogP) is 1.91. The number of aryl methyl sites for hydroxylation is 2. The fourth-order valence-electron chi connectivity index (χ4n) is 0.955. The zero-order valence-corrected chi connectivity index (χ0v) is 7.00. The highest BCUT2D eigenvalue weighted by Gasteiger charge is 2.02. The summed E-state index contributed by atoms with van der Waals surface area (Å²) in [6.07, 6.45) is 0. The van der Waals surface area contributed by atoms with Gasteiger partial charge in [-0.2, -0.15) is 0 Å². The molecular weight excluding hydrogens is 156 g/mol. The van der Waals surface area contributed by atoms with Gasteiger partial charge in [0.2, 0.25) is 0 Å². The first-order chi connectivity index (χ1) is 5.59. The van der Waals surface area contributed by atoms with E-state index in [2.05, 4.69) is 5.43 Å². The Labute approximate surface area is 70.3 Å². The van der Waals surface area contributed by atoms with E-state index in [9.17, 15) is 10.1 Å². The van der Waals surface area contributed by atoms with Crippen LogP contribution in [-0.4, -0.2) is 5.03 Å². The van der Waals surface area contributed by atoms with Crippen LogP contribution in [0.1, 0.15) is 11.1 Å². The standard InChI is InChI=1S/C8H10N2O2/c1-6-3-4-7(2)8(5-6)9-10(11)12/h3-5,9H,1-2H3. The van der Waals surface area contributed by atoms with Crippen LogP contribution in [0.2, 0.25) is 0 Å². The lowest BCUT2D eigenvalue weighted by Gasteiger charge is -2.02. The highest BCUT2D eigenvalue weighted by molar-refractivity contribution is 5.50. The van der Waals surface area contributed by atoms with Crippen LogP contribution in [0, 0.1) is 24.0 Å². The summed E-state index contributed by atoms with van der Waals surface area (Å²) in [7, 11) is 0. The van der Waals surface area contributed by atoms with E-state index in [4.69, 9.17) is 0 Å². The minimum Gasteiger partial charge on any atom is -0.235 e. The molecule has 0 amide bonds. The average molecular weight is 166 g/mol.